The second-order valence-corrected chi connectivity index (χ2v) is 7.06. The van der Waals surface area contributed by atoms with Crippen LogP contribution in [0.25, 0.3) is 0 Å². The molecule has 2 rings (SSSR count). The normalized spacial score (nSPS) is 26.2. The fraction of sp³-hybridized carbons (Fsp3) is 0.706. The van der Waals surface area contributed by atoms with E-state index in [1.165, 1.54) is 6.92 Å². The van der Waals surface area contributed by atoms with Crippen molar-refractivity contribution in [3.63, 3.8) is 0 Å². The topological polar surface area (TPSA) is 102 Å². The quantitative estimate of drug-likeness (QED) is 0.574. The molecule has 9 heteroatoms. The highest BCUT2D eigenvalue weighted by atomic mass is 19.4. The summed E-state index contributed by atoms with van der Waals surface area (Å²) >= 11 is 0. The van der Waals surface area contributed by atoms with Gasteiger partial charge in [-0.2, -0.15) is 13.2 Å². The summed E-state index contributed by atoms with van der Waals surface area (Å²) in [6.07, 6.45) is -5.13. The van der Waals surface area contributed by atoms with E-state index in [1.807, 2.05) is 0 Å². The molecule has 1 aliphatic carbocycles. The monoisotopic (exact) mass is 374 g/mol. The zero-order chi connectivity index (χ0) is 19.7. The van der Waals surface area contributed by atoms with Crippen LogP contribution in [0.1, 0.15) is 56.6 Å². The van der Waals surface area contributed by atoms with Crippen LogP contribution in [0, 0.1) is 12.3 Å². The second-order valence-electron chi connectivity index (χ2n) is 7.06. The molecule has 3 unspecified atom stereocenters. The van der Waals surface area contributed by atoms with Gasteiger partial charge in [0.2, 0.25) is 0 Å². The number of alkyl halides is 3. The SMILES string of the molecule is CC(=N)c1c(C)nc(CCCC(F)(F)F)nc1NC1CCC(O)C1(C)O. The lowest BCUT2D eigenvalue weighted by atomic mass is 9.98. The van der Waals surface area contributed by atoms with Crippen LogP contribution >= 0.6 is 0 Å². The molecule has 0 saturated heterocycles. The van der Waals surface area contributed by atoms with Gasteiger partial charge in [-0.25, -0.2) is 9.97 Å². The summed E-state index contributed by atoms with van der Waals surface area (Å²) in [5, 5.41) is 31.4. The van der Waals surface area contributed by atoms with Gasteiger partial charge < -0.3 is 20.9 Å². The standard InChI is InChI=1S/C17H25F3N4O2/c1-9(21)14-10(2)22-13(5-4-8-17(18,19)20)24-15(14)23-11-6-7-12(25)16(11,3)26/h11-12,21,25-26H,4-8H2,1-3H3,(H,22,23,24). The fourth-order valence-electron chi connectivity index (χ4n) is 3.27. The average Bonchev–Trinajstić information content (AvgIpc) is 2.72. The molecule has 1 aromatic rings. The minimum atomic E-state index is -4.22. The highest BCUT2D eigenvalue weighted by Gasteiger charge is 2.45. The van der Waals surface area contributed by atoms with Gasteiger partial charge in [-0.05, 0) is 40.0 Å². The Kier molecular flexibility index (Phi) is 5.92. The van der Waals surface area contributed by atoms with Crippen molar-refractivity contribution in [3.8, 4) is 0 Å². The molecule has 1 fully saturated rings. The Bertz CT molecular complexity index is 677. The molecule has 0 aliphatic heterocycles. The molecular weight excluding hydrogens is 349 g/mol. The zero-order valence-corrected chi connectivity index (χ0v) is 15.1. The van der Waals surface area contributed by atoms with E-state index in [9.17, 15) is 23.4 Å². The molecule has 1 aromatic heterocycles. The van der Waals surface area contributed by atoms with E-state index in [0.29, 0.717) is 29.9 Å². The van der Waals surface area contributed by atoms with Crippen LogP contribution in [0.2, 0.25) is 0 Å². The number of nitrogens with zero attached hydrogens (tertiary/aromatic N) is 2. The molecule has 0 spiro atoms. The summed E-state index contributed by atoms with van der Waals surface area (Å²) in [7, 11) is 0. The Morgan fingerprint density at radius 1 is 1.35 bits per heavy atom. The van der Waals surface area contributed by atoms with Crippen molar-refractivity contribution in [2.75, 3.05) is 5.32 Å². The highest BCUT2D eigenvalue weighted by Crippen LogP contribution is 2.33. The van der Waals surface area contributed by atoms with Gasteiger partial charge in [0.25, 0.3) is 0 Å². The maximum atomic E-state index is 12.3. The second kappa shape index (κ2) is 7.48. The number of aromatic nitrogens is 2. The molecule has 0 amide bonds. The van der Waals surface area contributed by atoms with Crippen molar-refractivity contribution >= 4 is 11.5 Å². The first-order chi connectivity index (χ1) is 11.9. The minimum Gasteiger partial charge on any atom is -0.390 e. The van der Waals surface area contributed by atoms with E-state index in [4.69, 9.17) is 5.41 Å². The average molecular weight is 374 g/mol. The molecule has 4 N–H and O–H groups in total. The Morgan fingerprint density at radius 3 is 2.50 bits per heavy atom. The number of aliphatic hydroxyl groups is 2. The number of aryl methyl sites for hydroxylation is 2. The molecule has 3 atom stereocenters. The first-order valence-electron chi connectivity index (χ1n) is 8.58. The molecule has 0 radical (unpaired) electrons. The van der Waals surface area contributed by atoms with E-state index in [0.717, 1.165) is 0 Å². The van der Waals surface area contributed by atoms with E-state index in [1.54, 1.807) is 13.8 Å². The van der Waals surface area contributed by atoms with Gasteiger partial charge >= 0.3 is 6.18 Å². The molecule has 146 valence electrons. The van der Waals surface area contributed by atoms with Crippen molar-refractivity contribution in [1.29, 1.82) is 5.41 Å². The predicted molar refractivity (Wildman–Crippen MR) is 91.5 cm³/mol. The molecule has 26 heavy (non-hydrogen) atoms. The summed E-state index contributed by atoms with van der Waals surface area (Å²) in [4.78, 5) is 8.53. The predicted octanol–water partition coefficient (Wildman–Crippen LogP) is 2.74. The summed E-state index contributed by atoms with van der Waals surface area (Å²) in [5.41, 5.74) is -0.190. The van der Waals surface area contributed by atoms with Crippen LogP contribution < -0.4 is 5.32 Å². The molecule has 6 nitrogen and oxygen atoms in total. The Hall–Kier alpha value is -1.74. The van der Waals surface area contributed by atoms with Crippen molar-refractivity contribution < 1.29 is 23.4 Å². The van der Waals surface area contributed by atoms with Gasteiger partial charge in [-0.3, -0.25) is 0 Å². The smallest absolute Gasteiger partial charge is 0.389 e. The van der Waals surface area contributed by atoms with Gasteiger partial charge in [0.05, 0.1) is 23.4 Å². The Morgan fingerprint density at radius 2 is 2.00 bits per heavy atom. The van der Waals surface area contributed by atoms with E-state index in [2.05, 4.69) is 15.3 Å². The lowest BCUT2D eigenvalue weighted by Gasteiger charge is -2.30. The summed E-state index contributed by atoms with van der Waals surface area (Å²) in [5.74, 6) is 0.573. The maximum Gasteiger partial charge on any atom is 0.389 e. The van der Waals surface area contributed by atoms with E-state index < -0.39 is 30.3 Å². The Labute approximate surface area is 150 Å². The molecular formula is C17H25F3N4O2. The molecule has 1 saturated carbocycles. The first kappa shape index (κ1) is 20.6. The first-order valence-corrected chi connectivity index (χ1v) is 8.58. The van der Waals surface area contributed by atoms with Gasteiger partial charge in [0.1, 0.15) is 17.2 Å². The van der Waals surface area contributed by atoms with Crippen LogP contribution in [-0.4, -0.2) is 49.8 Å². The molecule has 1 heterocycles. The third-order valence-corrected chi connectivity index (χ3v) is 4.79. The van der Waals surface area contributed by atoms with E-state index in [-0.39, 0.29) is 24.4 Å². The Balaban J connectivity index is 2.26. The summed E-state index contributed by atoms with van der Waals surface area (Å²) in [6, 6.07) is -0.479. The van der Waals surface area contributed by atoms with Crippen molar-refractivity contribution in [3.05, 3.63) is 17.1 Å². The molecule has 0 aromatic carbocycles. The number of aliphatic hydroxyl groups excluding tert-OH is 1. The largest absolute Gasteiger partial charge is 0.390 e. The van der Waals surface area contributed by atoms with Crippen LogP contribution in [0.15, 0.2) is 0 Å². The number of hydrogen-bond donors (Lipinski definition) is 4. The number of hydrogen-bond acceptors (Lipinski definition) is 6. The van der Waals surface area contributed by atoms with Crippen LogP contribution in [0.5, 0.6) is 0 Å². The third kappa shape index (κ3) is 4.70. The van der Waals surface area contributed by atoms with Crippen molar-refractivity contribution in [1.82, 2.24) is 9.97 Å². The maximum absolute atomic E-state index is 12.3. The van der Waals surface area contributed by atoms with Gasteiger partial charge in [-0.1, -0.05) is 0 Å². The number of nitrogens with one attached hydrogen (secondary N) is 2. The van der Waals surface area contributed by atoms with Gasteiger partial charge in [0.15, 0.2) is 0 Å². The number of halogens is 3. The lowest BCUT2D eigenvalue weighted by molar-refractivity contribution is -0.135. The van der Waals surface area contributed by atoms with E-state index >= 15 is 0 Å². The molecule has 0 bridgehead atoms. The lowest BCUT2D eigenvalue weighted by Crippen LogP contribution is -2.47. The number of anilines is 1. The van der Waals surface area contributed by atoms with Gasteiger partial charge in [0, 0.05) is 18.6 Å². The van der Waals surface area contributed by atoms with Crippen molar-refractivity contribution in [2.24, 2.45) is 0 Å². The third-order valence-electron chi connectivity index (χ3n) is 4.79. The highest BCUT2D eigenvalue weighted by molar-refractivity contribution is 6.01. The fourth-order valence-corrected chi connectivity index (χ4v) is 3.27. The molecule has 1 aliphatic rings. The van der Waals surface area contributed by atoms with Crippen LogP contribution in [-0.2, 0) is 6.42 Å². The number of rotatable bonds is 6. The summed E-state index contributed by atoms with van der Waals surface area (Å²) in [6.45, 7) is 4.77. The minimum absolute atomic E-state index is 0.0655. The van der Waals surface area contributed by atoms with Crippen LogP contribution in [0.4, 0.5) is 19.0 Å². The van der Waals surface area contributed by atoms with Gasteiger partial charge in [-0.15, -0.1) is 0 Å². The zero-order valence-electron chi connectivity index (χ0n) is 15.1. The summed E-state index contributed by atoms with van der Waals surface area (Å²) < 4.78 is 37.0. The van der Waals surface area contributed by atoms with Crippen molar-refractivity contribution in [2.45, 2.75) is 76.8 Å². The van der Waals surface area contributed by atoms with Crippen LogP contribution in [0.3, 0.4) is 0 Å².